The van der Waals surface area contributed by atoms with Crippen molar-refractivity contribution in [2.24, 2.45) is 0 Å². The molecule has 1 aromatic heterocycles. The average molecular weight is 205 g/mol. The van der Waals surface area contributed by atoms with E-state index >= 15 is 0 Å². The lowest BCUT2D eigenvalue weighted by molar-refractivity contribution is -0.0530. The molecule has 0 aliphatic rings. The second kappa shape index (κ2) is 4.01. The van der Waals surface area contributed by atoms with Crippen molar-refractivity contribution in [3.63, 3.8) is 0 Å². The van der Waals surface area contributed by atoms with E-state index in [-0.39, 0.29) is 10.7 Å². The molecule has 0 aliphatic heterocycles. The Bertz CT molecular complexity index is 351. The van der Waals surface area contributed by atoms with Crippen LogP contribution in [0.2, 0.25) is 5.15 Å². The van der Waals surface area contributed by atoms with Gasteiger partial charge in [0.2, 0.25) is 5.88 Å². The summed E-state index contributed by atoms with van der Waals surface area (Å²) in [5, 5.41) is 8.46. The molecule has 0 fully saturated rings. The van der Waals surface area contributed by atoms with Gasteiger partial charge in [-0.1, -0.05) is 11.6 Å². The molecule has 0 radical (unpaired) electrons. The number of halogens is 3. The molecule has 1 aromatic rings. The fourth-order valence-electron chi connectivity index (χ4n) is 0.677. The lowest BCUT2D eigenvalue weighted by Gasteiger charge is -2.04. The van der Waals surface area contributed by atoms with Crippen LogP contribution in [0.15, 0.2) is 12.1 Å². The lowest BCUT2D eigenvalue weighted by atomic mass is 10.3. The quantitative estimate of drug-likeness (QED) is 0.694. The summed E-state index contributed by atoms with van der Waals surface area (Å²) in [7, 11) is 0. The van der Waals surface area contributed by atoms with Crippen molar-refractivity contribution in [1.82, 2.24) is 4.98 Å². The van der Waals surface area contributed by atoms with E-state index in [1.54, 1.807) is 6.07 Å². The van der Waals surface area contributed by atoms with Crippen LogP contribution in [0.3, 0.4) is 0 Å². The minimum absolute atomic E-state index is 0.00495. The van der Waals surface area contributed by atoms with Crippen molar-refractivity contribution >= 4 is 11.6 Å². The van der Waals surface area contributed by atoms with E-state index in [2.05, 4.69) is 9.72 Å². The summed E-state index contributed by atoms with van der Waals surface area (Å²) in [6.07, 6.45) is 0. The summed E-state index contributed by atoms with van der Waals surface area (Å²) in [6, 6.07) is 4.22. The second-order valence-corrected chi connectivity index (χ2v) is 2.36. The van der Waals surface area contributed by atoms with Gasteiger partial charge in [-0.15, -0.1) is 0 Å². The Balaban J connectivity index is 3.03. The van der Waals surface area contributed by atoms with Crippen LogP contribution in [0.1, 0.15) is 5.56 Å². The minimum atomic E-state index is -3.02. The summed E-state index contributed by atoms with van der Waals surface area (Å²) in [6.45, 7) is -3.02. The molecule has 0 spiro atoms. The maximum Gasteiger partial charge on any atom is 0.388 e. The second-order valence-electron chi connectivity index (χ2n) is 1.98. The first-order chi connectivity index (χ1) is 6.13. The molecule has 1 heterocycles. The topological polar surface area (TPSA) is 45.9 Å². The zero-order valence-electron chi connectivity index (χ0n) is 6.17. The number of hydrogen-bond donors (Lipinski definition) is 0. The number of nitriles is 1. The van der Waals surface area contributed by atoms with Crippen molar-refractivity contribution in [3.8, 4) is 11.9 Å². The summed E-state index contributed by atoms with van der Waals surface area (Å²) in [4.78, 5) is 3.42. The van der Waals surface area contributed by atoms with Crippen LogP contribution in [0.4, 0.5) is 8.78 Å². The van der Waals surface area contributed by atoms with Crippen LogP contribution in [0.25, 0.3) is 0 Å². The molecule has 0 aliphatic carbocycles. The van der Waals surface area contributed by atoms with Crippen molar-refractivity contribution < 1.29 is 13.5 Å². The third kappa shape index (κ3) is 2.53. The van der Waals surface area contributed by atoms with Crippen LogP contribution in [-0.2, 0) is 0 Å². The molecule has 68 valence electrons. The van der Waals surface area contributed by atoms with Crippen molar-refractivity contribution in [2.75, 3.05) is 0 Å². The van der Waals surface area contributed by atoms with Gasteiger partial charge < -0.3 is 4.74 Å². The molecular weight excluding hydrogens is 202 g/mol. The van der Waals surface area contributed by atoms with E-state index in [1.165, 1.54) is 12.1 Å². The van der Waals surface area contributed by atoms with Crippen LogP contribution in [-0.4, -0.2) is 11.6 Å². The average Bonchev–Trinajstić information content (AvgIpc) is 2.03. The fraction of sp³-hybridized carbons (Fsp3) is 0.143. The molecule has 0 unspecified atom stereocenters. The predicted molar refractivity (Wildman–Crippen MR) is 40.6 cm³/mol. The molecule has 0 N–H and O–H groups in total. The molecule has 0 bridgehead atoms. The predicted octanol–water partition coefficient (Wildman–Crippen LogP) is 2.21. The molecule has 0 aromatic carbocycles. The summed E-state index contributed by atoms with van der Waals surface area (Å²) in [5.41, 5.74) is -0.0790. The molecule has 0 saturated carbocycles. The Labute approximate surface area is 77.5 Å². The van der Waals surface area contributed by atoms with Gasteiger partial charge in [0.05, 0.1) is 0 Å². The molecule has 0 saturated heterocycles. The Kier molecular flexibility index (Phi) is 2.98. The normalized spacial score (nSPS) is 9.77. The summed E-state index contributed by atoms with van der Waals surface area (Å²) < 4.78 is 27.5. The van der Waals surface area contributed by atoms with E-state index in [9.17, 15) is 8.78 Å². The van der Waals surface area contributed by atoms with Crippen LogP contribution >= 0.6 is 11.6 Å². The fourth-order valence-corrected chi connectivity index (χ4v) is 0.817. The smallest absolute Gasteiger partial charge is 0.388 e. The number of nitrogens with zero attached hydrogens (tertiary/aromatic N) is 2. The monoisotopic (exact) mass is 204 g/mol. The van der Waals surface area contributed by atoms with Gasteiger partial charge in [-0.3, -0.25) is 0 Å². The first-order valence-electron chi connectivity index (χ1n) is 3.15. The highest BCUT2D eigenvalue weighted by atomic mass is 35.5. The Morgan fingerprint density at radius 3 is 2.77 bits per heavy atom. The van der Waals surface area contributed by atoms with Gasteiger partial charge in [-0.25, -0.2) is 4.98 Å². The molecule has 3 nitrogen and oxygen atoms in total. The maximum atomic E-state index is 11.8. The zero-order valence-corrected chi connectivity index (χ0v) is 6.92. The Hall–Kier alpha value is -1.41. The summed E-state index contributed by atoms with van der Waals surface area (Å²) >= 11 is 5.41. The van der Waals surface area contributed by atoms with Gasteiger partial charge in [0.25, 0.3) is 0 Å². The highest BCUT2D eigenvalue weighted by Crippen LogP contribution is 2.19. The number of alkyl halides is 2. The largest absolute Gasteiger partial charge is 0.415 e. The molecule has 13 heavy (non-hydrogen) atoms. The number of aromatic nitrogens is 1. The van der Waals surface area contributed by atoms with E-state index in [0.717, 1.165) is 0 Å². The van der Waals surface area contributed by atoms with Crippen molar-refractivity contribution in [1.29, 1.82) is 5.26 Å². The Morgan fingerprint density at radius 1 is 1.54 bits per heavy atom. The molecule has 1 rings (SSSR count). The van der Waals surface area contributed by atoms with Crippen molar-refractivity contribution in [3.05, 3.63) is 22.8 Å². The molecule has 6 heteroatoms. The minimum Gasteiger partial charge on any atom is -0.415 e. The van der Waals surface area contributed by atoms with Gasteiger partial charge in [-0.2, -0.15) is 14.0 Å². The van der Waals surface area contributed by atoms with Crippen LogP contribution < -0.4 is 4.74 Å². The number of pyridine rings is 1. The molecule has 0 amide bonds. The van der Waals surface area contributed by atoms with Gasteiger partial charge in [0.1, 0.15) is 16.8 Å². The van der Waals surface area contributed by atoms with Gasteiger partial charge in [0, 0.05) is 0 Å². The third-order valence-electron chi connectivity index (χ3n) is 1.15. The first kappa shape index (κ1) is 9.68. The summed E-state index contributed by atoms with van der Waals surface area (Å²) in [5.74, 6) is -0.454. The van der Waals surface area contributed by atoms with Crippen LogP contribution in [0.5, 0.6) is 5.88 Å². The lowest BCUT2D eigenvalue weighted by Crippen LogP contribution is -2.05. The van der Waals surface area contributed by atoms with Gasteiger partial charge in [0.15, 0.2) is 0 Å². The van der Waals surface area contributed by atoms with Crippen LogP contribution in [0, 0.1) is 11.3 Å². The first-order valence-corrected chi connectivity index (χ1v) is 3.52. The molecule has 0 atom stereocenters. The number of hydrogen-bond acceptors (Lipinski definition) is 3. The van der Waals surface area contributed by atoms with E-state index in [4.69, 9.17) is 16.9 Å². The van der Waals surface area contributed by atoms with Gasteiger partial charge in [-0.05, 0) is 12.1 Å². The van der Waals surface area contributed by atoms with E-state index < -0.39 is 12.5 Å². The third-order valence-corrected chi connectivity index (χ3v) is 1.36. The standard InChI is InChI=1S/C7H3ClF2N2O/c8-5-2-1-4(3-11)6(12-5)13-7(9)10/h1-2,7H. The maximum absolute atomic E-state index is 11.8. The highest BCUT2D eigenvalue weighted by Gasteiger charge is 2.11. The zero-order chi connectivity index (χ0) is 9.84. The van der Waals surface area contributed by atoms with E-state index in [0.29, 0.717) is 0 Å². The Morgan fingerprint density at radius 2 is 2.23 bits per heavy atom. The van der Waals surface area contributed by atoms with Gasteiger partial charge >= 0.3 is 6.61 Å². The number of rotatable bonds is 2. The number of ether oxygens (including phenoxy) is 1. The molecular formula is C7H3ClF2N2O. The van der Waals surface area contributed by atoms with Crippen molar-refractivity contribution in [2.45, 2.75) is 6.61 Å². The SMILES string of the molecule is N#Cc1ccc(Cl)nc1OC(F)F. The van der Waals surface area contributed by atoms with E-state index in [1.807, 2.05) is 0 Å². The highest BCUT2D eigenvalue weighted by molar-refractivity contribution is 6.29.